The Morgan fingerprint density at radius 3 is 2.95 bits per heavy atom. The molecule has 0 aliphatic heterocycles. The van der Waals surface area contributed by atoms with Crippen LogP contribution in [0.4, 0.5) is 0 Å². The van der Waals surface area contributed by atoms with Crippen molar-refractivity contribution >= 4 is 5.97 Å². The molecule has 0 aromatic heterocycles. The normalized spacial score (nSPS) is 17.3. The van der Waals surface area contributed by atoms with Gasteiger partial charge in [0.1, 0.15) is 5.75 Å². The van der Waals surface area contributed by atoms with Crippen molar-refractivity contribution in [3.63, 3.8) is 0 Å². The Kier molecular flexibility index (Phi) is 4.43. The van der Waals surface area contributed by atoms with E-state index in [2.05, 4.69) is 12.1 Å². The Bertz CT molecular complexity index is 471. The zero-order chi connectivity index (χ0) is 13.8. The molecule has 0 amide bonds. The fraction of sp³-hybridized carbons (Fsp3) is 0.533. The minimum Gasteiger partial charge on any atom is -0.493 e. The third-order valence-electron chi connectivity index (χ3n) is 3.51. The maximum absolute atomic E-state index is 10.6. The number of ether oxygens (including phenoxy) is 1. The summed E-state index contributed by atoms with van der Waals surface area (Å²) in [5, 5.41) is 8.71. The van der Waals surface area contributed by atoms with Gasteiger partial charge < -0.3 is 15.6 Å². The molecule has 1 aromatic rings. The number of carboxylic acid groups (broad SMARTS) is 1. The molecule has 0 bridgehead atoms. The Hall–Kier alpha value is -1.55. The fourth-order valence-electron chi connectivity index (χ4n) is 2.70. The Balaban J connectivity index is 2.19. The predicted octanol–water partition coefficient (Wildman–Crippen LogP) is 1.92. The molecular formula is C15H21NO3. The number of hydrogen-bond donors (Lipinski definition) is 2. The fourth-order valence-corrected chi connectivity index (χ4v) is 2.70. The van der Waals surface area contributed by atoms with Crippen LogP contribution in [0.15, 0.2) is 12.1 Å². The minimum atomic E-state index is -0.749. The molecule has 1 aliphatic carbocycles. The molecule has 0 heterocycles. The predicted molar refractivity (Wildman–Crippen MR) is 73.6 cm³/mol. The lowest BCUT2D eigenvalue weighted by Crippen LogP contribution is -2.19. The molecule has 1 aliphatic rings. The summed E-state index contributed by atoms with van der Waals surface area (Å²) in [6, 6.07) is 4.35. The highest BCUT2D eigenvalue weighted by molar-refractivity contribution is 5.66. The standard InChI is InChI=1S/C15H21NO3/c1-2-19-15-10(4-3-5-14(17)18)6-7-11-8-12(16)9-13(11)15/h6-7,12H,2-5,8-9,16H2,1H3,(H,17,18). The van der Waals surface area contributed by atoms with Gasteiger partial charge in [0.25, 0.3) is 0 Å². The zero-order valence-corrected chi connectivity index (χ0v) is 11.3. The van der Waals surface area contributed by atoms with Crippen molar-refractivity contribution < 1.29 is 14.6 Å². The van der Waals surface area contributed by atoms with Crippen molar-refractivity contribution in [2.24, 2.45) is 5.73 Å². The highest BCUT2D eigenvalue weighted by atomic mass is 16.5. The minimum absolute atomic E-state index is 0.184. The quantitative estimate of drug-likeness (QED) is 0.822. The Labute approximate surface area is 113 Å². The van der Waals surface area contributed by atoms with Gasteiger partial charge in [0, 0.05) is 12.5 Å². The SMILES string of the molecule is CCOc1c(CCCC(=O)O)ccc2c1CC(N)C2. The maximum Gasteiger partial charge on any atom is 0.303 e. The van der Waals surface area contributed by atoms with Gasteiger partial charge in [-0.25, -0.2) is 0 Å². The van der Waals surface area contributed by atoms with Crippen molar-refractivity contribution in [3.05, 3.63) is 28.8 Å². The molecule has 4 nitrogen and oxygen atoms in total. The van der Waals surface area contributed by atoms with E-state index in [-0.39, 0.29) is 12.5 Å². The van der Waals surface area contributed by atoms with Crippen LogP contribution in [0.1, 0.15) is 36.5 Å². The largest absolute Gasteiger partial charge is 0.493 e. The van der Waals surface area contributed by atoms with Crippen LogP contribution in [0.3, 0.4) is 0 Å². The van der Waals surface area contributed by atoms with Gasteiger partial charge in [0.2, 0.25) is 0 Å². The van der Waals surface area contributed by atoms with E-state index >= 15 is 0 Å². The number of rotatable bonds is 6. The summed E-state index contributed by atoms with van der Waals surface area (Å²) in [4.78, 5) is 10.6. The van der Waals surface area contributed by atoms with Gasteiger partial charge in [-0.15, -0.1) is 0 Å². The highest BCUT2D eigenvalue weighted by Gasteiger charge is 2.23. The van der Waals surface area contributed by atoms with E-state index in [1.54, 1.807) is 0 Å². The summed E-state index contributed by atoms with van der Waals surface area (Å²) in [6.07, 6.45) is 3.34. The molecule has 1 unspecified atom stereocenters. The molecule has 2 rings (SSSR count). The van der Waals surface area contributed by atoms with E-state index < -0.39 is 5.97 Å². The molecule has 4 heteroatoms. The van der Waals surface area contributed by atoms with Crippen LogP contribution in [0.25, 0.3) is 0 Å². The number of nitrogens with two attached hydrogens (primary N) is 1. The monoisotopic (exact) mass is 263 g/mol. The van der Waals surface area contributed by atoms with Crippen LogP contribution in [0, 0.1) is 0 Å². The number of aryl methyl sites for hydroxylation is 1. The molecule has 104 valence electrons. The number of fused-ring (bicyclic) bond motifs is 1. The molecule has 19 heavy (non-hydrogen) atoms. The topological polar surface area (TPSA) is 72.5 Å². The number of carbonyl (C=O) groups is 1. The van der Waals surface area contributed by atoms with E-state index in [1.807, 2.05) is 6.92 Å². The molecule has 3 N–H and O–H groups in total. The van der Waals surface area contributed by atoms with E-state index in [0.29, 0.717) is 13.0 Å². The van der Waals surface area contributed by atoms with Gasteiger partial charge >= 0.3 is 5.97 Å². The third-order valence-corrected chi connectivity index (χ3v) is 3.51. The number of carboxylic acids is 1. The second-order valence-corrected chi connectivity index (χ2v) is 5.04. The average molecular weight is 263 g/mol. The summed E-state index contributed by atoms with van der Waals surface area (Å²) in [5.74, 6) is 0.194. The molecular weight excluding hydrogens is 242 g/mol. The van der Waals surface area contributed by atoms with Crippen molar-refractivity contribution in [1.29, 1.82) is 0 Å². The Morgan fingerprint density at radius 1 is 1.47 bits per heavy atom. The first-order chi connectivity index (χ1) is 9.11. The van der Waals surface area contributed by atoms with Gasteiger partial charge in [-0.3, -0.25) is 4.79 Å². The Morgan fingerprint density at radius 2 is 2.26 bits per heavy atom. The average Bonchev–Trinajstić information content (AvgIpc) is 2.72. The lowest BCUT2D eigenvalue weighted by molar-refractivity contribution is -0.137. The van der Waals surface area contributed by atoms with E-state index in [9.17, 15) is 4.79 Å². The summed E-state index contributed by atoms with van der Waals surface area (Å²) < 4.78 is 5.78. The summed E-state index contributed by atoms with van der Waals surface area (Å²) >= 11 is 0. The van der Waals surface area contributed by atoms with Crippen LogP contribution >= 0.6 is 0 Å². The van der Waals surface area contributed by atoms with Gasteiger partial charge in [0.15, 0.2) is 0 Å². The lowest BCUT2D eigenvalue weighted by Gasteiger charge is -2.14. The van der Waals surface area contributed by atoms with Crippen molar-refractivity contribution in [3.8, 4) is 5.75 Å². The van der Waals surface area contributed by atoms with Gasteiger partial charge in [-0.1, -0.05) is 12.1 Å². The first kappa shape index (κ1) is 13.9. The summed E-state index contributed by atoms with van der Waals surface area (Å²) in [7, 11) is 0. The summed E-state index contributed by atoms with van der Waals surface area (Å²) in [5.41, 5.74) is 9.61. The molecule has 0 fully saturated rings. The van der Waals surface area contributed by atoms with Crippen molar-refractivity contribution in [2.45, 2.75) is 45.1 Å². The molecule has 0 radical (unpaired) electrons. The number of benzene rings is 1. The second kappa shape index (κ2) is 6.06. The molecule has 0 saturated carbocycles. The first-order valence-corrected chi connectivity index (χ1v) is 6.85. The zero-order valence-electron chi connectivity index (χ0n) is 11.3. The van der Waals surface area contributed by atoms with Crippen molar-refractivity contribution in [1.82, 2.24) is 0 Å². The summed E-state index contributed by atoms with van der Waals surface area (Å²) in [6.45, 7) is 2.59. The molecule has 1 atom stereocenters. The van der Waals surface area contributed by atoms with Crippen LogP contribution < -0.4 is 10.5 Å². The first-order valence-electron chi connectivity index (χ1n) is 6.85. The third kappa shape index (κ3) is 3.26. The van der Waals surface area contributed by atoms with Gasteiger partial charge in [0.05, 0.1) is 6.61 Å². The molecule has 0 saturated heterocycles. The number of hydrogen-bond acceptors (Lipinski definition) is 3. The second-order valence-electron chi connectivity index (χ2n) is 5.04. The van der Waals surface area contributed by atoms with Crippen LogP contribution in [0.5, 0.6) is 5.75 Å². The lowest BCUT2D eigenvalue weighted by atomic mass is 10.0. The number of aliphatic carboxylic acids is 1. The highest BCUT2D eigenvalue weighted by Crippen LogP contribution is 2.34. The molecule has 1 aromatic carbocycles. The molecule has 0 spiro atoms. The van der Waals surface area contributed by atoms with E-state index in [4.69, 9.17) is 15.6 Å². The van der Waals surface area contributed by atoms with Crippen LogP contribution in [0.2, 0.25) is 0 Å². The maximum atomic E-state index is 10.6. The van der Waals surface area contributed by atoms with Crippen LogP contribution in [-0.4, -0.2) is 23.7 Å². The smallest absolute Gasteiger partial charge is 0.303 e. The van der Waals surface area contributed by atoms with Crippen molar-refractivity contribution in [2.75, 3.05) is 6.61 Å². The van der Waals surface area contributed by atoms with Crippen LogP contribution in [-0.2, 0) is 24.1 Å². The van der Waals surface area contributed by atoms with Gasteiger partial charge in [-0.2, -0.15) is 0 Å². The van der Waals surface area contributed by atoms with Gasteiger partial charge in [-0.05, 0) is 49.3 Å². The van der Waals surface area contributed by atoms with E-state index in [0.717, 1.165) is 30.6 Å². The van der Waals surface area contributed by atoms with E-state index in [1.165, 1.54) is 11.1 Å².